The molecule has 0 spiro atoms. The summed E-state index contributed by atoms with van der Waals surface area (Å²) >= 11 is 0. The van der Waals surface area contributed by atoms with Gasteiger partial charge in [-0.05, 0) is 68.7 Å². The predicted octanol–water partition coefficient (Wildman–Crippen LogP) is 4.87. The standard InChI is InChI=1S/C21H31FN2O2/c22-17-9-13-20(14-10-17)26-15-16-7-11-19(12-8-16)24(21(23)25)18-5-3-1-2-4-6-18/h9-10,13-14,16,18-19H,1-8,11-12,15H2,(H2,23,25)/t16-,19-. The summed E-state index contributed by atoms with van der Waals surface area (Å²) in [4.78, 5) is 14.1. The Kier molecular flexibility index (Phi) is 6.75. The van der Waals surface area contributed by atoms with Crippen LogP contribution in [0.2, 0.25) is 0 Å². The summed E-state index contributed by atoms with van der Waals surface area (Å²) < 4.78 is 18.8. The number of halogens is 1. The van der Waals surface area contributed by atoms with Crippen molar-refractivity contribution in [3.05, 3.63) is 30.1 Å². The smallest absolute Gasteiger partial charge is 0.315 e. The van der Waals surface area contributed by atoms with E-state index in [1.165, 1.54) is 37.8 Å². The maximum atomic E-state index is 12.9. The average molecular weight is 362 g/mol. The van der Waals surface area contributed by atoms with E-state index in [2.05, 4.69) is 0 Å². The number of hydrogen-bond acceptors (Lipinski definition) is 2. The topological polar surface area (TPSA) is 55.6 Å². The lowest BCUT2D eigenvalue weighted by atomic mass is 9.85. The van der Waals surface area contributed by atoms with Crippen molar-refractivity contribution in [1.82, 2.24) is 4.90 Å². The molecular formula is C21H31FN2O2. The molecule has 5 heteroatoms. The van der Waals surface area contributed by atoms with Crippen LogP contribution in [-0.2, 0) is 0 Å². The van der Waals surface area contributed by atoms with Crippen molar-refractivity contribution in [2.24, 2.45) is 11.7 Å². The Morgan fingerprint density at radius 3 is 2.12 bits per heavy atom. The maximum Gasteiger partial charge on any atom is 0.315 e. The molecule has 2 aliphatic carbocycles. The Morgan fingerprint density at radius 2 is 1.54 bits per heavy atom. The van der Waals surface area contributed by atoms with Crippen LogP contribution in [0, 0.1) is 11.7 Å². The first-order chi connectivity index (χ1) is 12.6. The van der Waals surface area contributed by atoms with Crippen molar-refractivity contribution in [3.63, 3.8) is 0 Å². The largest absolute Gasteiger partial charge is 0.493 e. The van der Waals surface area contributed by atoms with Crippen LogP contribution in [-0.4, -0.2) is 29.6 Å². The molecule has 26 heavy (non-hydrogen) atoms. The van der Waals surface area contributed by atoms with Gasteiger partial charge in [-0.2, -0.15) is 0 Å². The van der Waals surface area contributed by atoms with Gasteiger partial charge in [-0.1, -0.05) is 25.7 Å². The zero-order valence-electron chi connectivity index (χ0n) is 15.5. The first kappa shape index (κ1) is 19.0. The number of primary amides is 1. The molecule has 0 heterocycles. The van der Waals surface area contributed by atoms with Crippen LogP contribution in [0.4, 0.5) is 9.18 Å². The molecule has 0 unspecified atom stereocenters. The second-order valence-corrected chi connectivity index (χ2v) is 7.83. The summed E-state index contributed by atoms with van der Waals surface area (Å²) in [6.45, 7) is 0.651. The molecule has 2 amide bonds. The van der Waals surface area contributed by atoms with E-state index in [-0.39, 0.29) is 17.9 Å². The Hall–Kier alpha value is -1.78. The first-order valence-corrected chi connectivity index (χ1v) is 10.1. The molecule has 2 fully saturated rings. The molecule has 2 aliphatic rings. The number of amides is 2. The molecule has 0 bridgehead atoms. The second-order valence-electron chi connectivity index (χ2n) is 7.83. The summed E-state index contributed by atoms with van der Waals surface area (Å²) in [7, 11) is 0. The normalized spacial score (nSPS) is 24.7. The van der Waals surface area contributed by atoms with Gasteiger partial charge in [0.2, 0.25) is 0 Å². The summed E-state index contributed by atoms with van der Waals surface area (Å²) in [5.41, 5.74) is 5.76. The van der Waals surface area contributed by atoms with Gasteiger partial charge in [0.1, 0.15) is 11.6 Å². The Morgan fingerprint density at radius 1 is 0.962 bits per heavy atom. The van der Waals surface area contributed by atoms with Crippen molar-refractivity contribution in [2.45, 2.75) is 76.3 Å². The van der Waals surface area contributed by atoms with Crippen molar-refractivity contribution in [3.8, 4) is 5.75 Å². The van der Waals surface area contributed by atoms with E-state index in [1.807, 2.05) is 4.90 Å². The van der Waals surface area contributed by atoms with Crippen molar-refractivity contribution < 1.29 is 13.9 Å². The van der Waals surface area contributed by atoms with Crippen LogP contribution < -0.4 is 10.5 Å². The molecule has 2 N–H and O–H groups in total. The lowest BCUT2D eigenvalue weighted by Crippen LogP contribution is -2.51. The Bertz CT molecular complexity index is 562. The van der Waals surface area contributed by atoms with E-state index in [4.69, 9.17) is 10.5 Å². The van der Waals surface area contributed by atoms with Crippen LogP contribution in [0.25, 0.3) is 0 Å². The fourth-order valence-electron chi connectivity index (χ4n) is 4.53. The molecule has 1 aromatic rings. The summed E-state index contributed by atoms with van der Waals surface area (Å²) in [5.74, 6) is 0.953. The third-order valence-corrected chi connectivity index (χ3v) is 5.98. The number of nitrogens with two attached hydrogens (primary N) is 1. The molecule has 0 radical (unpaired) electrons. The minimum atomic E-state index is -0.247. The molecule has 0 saturated heterocycles. The number of urea groups is 1. The molecule has 0 aromatic heterocycles. The third kappa shape index (κ3) is 5.12. The zero-order valence-corrected chi connectivity index (χ0v) is 15.5. The van der Waals surface area contributed by atoms with Gasteiger partial charge in [0, 0.05) is 12.1 Å². The van der Waals surface area contributed by atoms with Gasteiger partial charge in [-0.3, -0.25) is 0 Å². The van der Waals surface area contributed by atoms with E-state index < -0.39 is 0 Å². The number of carbonyl (C=O) groups excluding carboxylic acids is 1. The fourth-order valence-corrected chi connectivity index (χ4v) is 4.53. The lowest BCUT2D eigenvalue weighted by Gasteiger charge is -2.40. The SMILES string of the molecule is NC(=O)N(C1CCCCCC1)[C@H]1CC[C@H](COc2ccc(F)cc2)CC1. The third-order valence-electron chi connectivity index (χ3n) is 5.98. The number of benzene rings is 1. The van der Waals surface area contributed by atoms with Crippen molar-refractivity contribution in [2.75, 3.05) is 6.61 Å². The molecule has 0 aliphatic heterocycles. The molecule has 144 valence electrons. The lowest BCUT2D eigenvalue weighted by molar-refractivity contribution is 0.0996. The van der Waals surface area contributed by atoms with Gasteiger partial charge in [0.15, 0.2) is 0 Å². The molecule has 4 nitrogen and oxygen atoms in total. The van der Waals surface area contributed by atoms with Crippen LogP contribution in [0.1, 0.15) is 64.2 Å². The highest BCUT2D eigenvalue weighted by Gasteiger charge is 2.32. The van der Waals surface area contributed by atoms with Gasteiger partial charge in [-0.25, -0.2) is 9.18 Å². The predicted molar refractivity (Wildman–Crippen MR) is 101 cm³/mol. The van der Waals surface area contributed by atoms with Gasteiger partial charge in [0.05, 0.1) is 6.61 Å². The molecule has 0 atom stereocenters. The monoisotopic (exact) mass is 362 g/mol. The van der Waals surface area contributed by atoms with Gasteiger partial charge in [-0.15, -0.1) is 0 Å². The van der Waals surface area contributed by atoms with Gasteiger partial charge in [0.25, 0.3) is 0 Å². The molecule has 1 aromatic carbocycles. The number of nitrogens with zero attached hydrogens (tertiary/aromatic N) is 1. The quantitative estimate of drug-likeness (QED) is 0.760. The number of ether oxygens (including phenoxy) is 1. The van der Waals surface area contributed by atoms with Crippen molar-refractivity contribution >= 4 is 6.03 Å². The van der Waals surface area contributed by atoms with E-state index >= 15 is 0 Å². The Balaban J connectivity index is 1.49. The van der Waals surface area contributed by atoms with Crippen LogP contribution >= 0.6 is 0 Å². The number of carbonyl (C=O) groups is 1. The number of rotatable bonds is 5. The van der Waals surface area contributed by atoms with Gasteiger partial charge < -0.3 is 15.4 Å². The highest BCUT2D eigenvalue weighted by molar-refractivity contribution is 5.72. The van der Waals surface area contributed by atoms with E-state index in [1.54, 1.807) is 12.1 Å². The number of hydrogen-bond donors (Lipinski definition) is 1. The zero-order chi connectivity index (χ0) is 18.4. The van der Waals surface area contributed by atoms with E-state index in [9.17, 15) is 9.18 Å². The van der Waals surface area contributed by atoms with Crippen LogP contribution in [0.3, 0.4) is 0 Å². The average Bonchev–Trinajstić information content (AvgIpc) is 2.91. The minimum Gasteiger partial charge on any atom is -0.493 e. The van der Waals surface area contributed by atoms with Crippen LogP contribution in [0.5, 0.6) is 5.75 Å². The minimum absolute atomic E-state index is 0.247. The Labute approximate surface area is 155 Å². The summed E-state index contributed by atoms with van der Waals surface area (Å²) in [5, 5.41) is 0. The molecular weight excluding hydrogens is 331 g/mol. The maximum absolute atomic E-state index is 12.9. The van der Waals surface area contributed by atoms with E-state index in [0.717, 1.165) is 38.5 Å². The van der Waals surface area contributed by atoms with Gasteiger partial charge >= 0.3 is 6.03 Å². The summed E-state index contributed by atoms with van der Waals surface area (Å²) in [6, 6.07) is 6.53. The fraction of sp³-hybridized carbons (Fsp3) is 0.667. The van der Waals surface area contributed by atoms with Crippen molar-refractivity contribution in [1.29, 1.82) is 0 Å². The highest BCUT2D eigenvalue weighted by Crippen LogP contribution is 2.32. The molecule has 2 saturated carbocycles. The van der Waals surface area contributed by atoms with E-state index in [0.29, 0.717) is 24.3 Å². The highest BCUT2D eigenvalue weighted by atomic mass is 19.1. The molecule has 3 rings (SSSR count). The second kappa shape index (κ2) is 9.24. The summed E-state index contributed by atoms with van der Waals surface area (Å²) in [6.07, 6.45) is 11.2. The van der Waals surface area contributed by atoms with Crippen LogP contribution in [0.15, 0.2) is 24.3 Å². The first-order valence-electron chi connectivity index (χ1n) is 10.1.